The summed E-state index contributed by atoms with van der Waals surface area (Å²) in [5, 5.41) is 0. The number of benzene rings is 1. The molecule has 3 nitrogen and oxygen atoms in total. The average Bonchev–Trinajstić information content (AvgIpc) is 2.66. The van der Waals surface area contributed by atoms with Crippen LogP contribution >= 0.6 is 0 Å². The Hall–Kier alpha value is -1.79. The summed E-state index contributed by atoms with van der Waals surface area (Å²) in [6.45, 7) is 2.32. The van der Waals surface area contributed by atoms with Gasteiger partial charge in [-0.3, -0.25) is 0 Å². The van der Waals surface area contributed by atoms with Crippen LogP contribution in [0.2, 0.25) is 0 Å². The summed E-state index contributed by atoms with van der Waals surface area (Å²) in [6, 6.07) is 2.60. The first kappa shape index (κ1) is 21.9. The van der Waals surface area contributed by atoms with Gasteiger partial charge in [0.1, 0.15) is 6.10 Å². The molecule has 0 aliphatic heterocycles. The summed E-state index contributed by atoms with van der Waals surface area (Å²) in [5.41, 5.74) is -0.115. The van der Waals surface area contributed by atoms with Gasteiger partial charge in [-0.15, -0.1) is 13.2 Å². The first-order valence-corrected chi connectivity index (χ1v) is 10.5. The van der Waals surface area contributed by atoms with Crippen LogP contribution in [0.4, 0.5) is 17.6 Å². The monoisotopic (exact) mass is 420 g/mol. The first-order valence-electron chi connectivity index (χ1n) is 10.5. The molecule has 1 aromatic carbocycles. The maximum atomic E-state index is 13.8. The second-order valence-electron chi connectivity index (χ2n) is 8.60. The van der Waals surface area contributed by atoms with E-state index in [4.69, 9.17) is 4.74 Å². The Morgan fingerprint density at radius 2 is 1.62 bits per heavy atom. The summed E-state index contributed by atoms with van der Waals surface area (Å²) in [4.78, 5) is 12.2. The molecule has 1 aromatic rings. The van der Waals surface area contributed by atoms with Crippen LogP contribution in [0, 0.1) is 23.6 Å². The number of alkyl halides is 3. The zero-order valence-electron chi connectivity index (χ0n) is 16.6. The first-order chi connectivity index (χ1) is 13.7. The van der Waals surface area contributed by atoms with E-state index in [9.17, 15) is 22.4 Å². The Bertz CT molecular complexity index is 698. The Morgan fingerprint density at radius 1 is 1.03 bits per heavy atom. The molecule has 0 aromatic heterocycles. The highest BCUT2D eigenvalue weighted by molar-refractivity contribution is 5.89. The Kier molecular flexibility index (Phi) is 7.06. The number of ether oxygens (including phenoxy) is 2. The molecule has 0 atom stereocenters. The smallest absolute Gasteiger partial charge is 0.459 e. The molecule has 166 valence electrons. The molecular formula is C22H32F4O3. The van der Waals surface area contributed by atoms with Crippen LogP contribution in [0.25, 0.3) is 0 Å². The SMILES string of the molecule is CC1CCC(CC2CCC(OC(=O)c3ccc(OC(F)(F)F)c(F)c3)CC2)CC1.[HH].[HH]. The minimum absolute atomic E-state index is 0. The molecule has 2 aliphatic carbocycles. The molecule has 0 radical (unpaired) electrons. The van der Waals surface area contributed by atoms with Crippen molar-refractivity contribution in [1.29, 1.82) is 0 Å². The lowest BCUT2D eigenvalue weighted by molar-refractivity contribution is -0.275. The molecule has 2 fully saturated rings. The fraction of sp³-hybridized carbons (Fsp3) is 0.682. The second-order valence-corrected chi connectivity index (χ2v) is 8.60. The number of carbonyl (C=O) groups is 1. The van der Waals surface area contributed by atoms with Crippen LogP contribution in [-0.2, 0) is 4.74 Å². The summed E-state index contributed by atoms with van der Waals surface area (Å²) in [7, 11) is 0. The van der Waals surface area contributed by atoms with Crippen molar-refractivity contribution < 1.29 is 34.7 Å². The summed E-state index contributed by atoms with van der Waals surface area (Å²) in [6.07, 6.45) is 4.88. The van der Waals surface area contributed by atoms with Gasteiger partial charge in [0.25, 0.3) is 0 Å². The van der Waals surface area contributed by atoms with Gasteiger partial charge in [-0.2, -0.15) is 0 Å². The number of carbonyl (C=O) groups excluding carboxylic acids is 1. The van der Waals surface area contributed by atoms with E-state index < -0.39 is 23.9 Å². The third kappa shape index (κ3) is 6.61. The molecule has 0 unspecified atom stereocenters. The maximum Gasteiger partial charge on any atom is 0.573 e. The molecule has 2 aliphatic rings. The van der Waals surface area contributed by atoms with Gasteiger partial charge in [0, 0.05) is 2.85 Å². The van der Waals surface area contributed by atoms with Gasteiger partial charge in [0.2, 0.25) is 0 Å². The normalized spacial score (nSPS) is 28.0. The van der Waals surface area contributed by atoms with E-state index in [0.717, 1.165) is 55.7 Å². The highest BCUT2D eigenvalue weighted by atomic mass is 19.4. The average molecular weight is 420 g/mol. The molecule has 0 spiro atoms. The van der Waals surface area contributed by atoms with Gasteiger partial charge < -0.3 is 9.47 Å². The van der Waals surface area contributed by atoms with Gasteiger partial charge in [-0.05, 0) is 68.1 Å². The van der Waals surface area contributed by atoms with Crippen molar-refractivity contribution in [2.45, 2.75) is 77.2 Å². The van der Waals surface area contributed by atoms with Crippen molar-refractivity contribution in [2.75, 3.05) is 0 Å². The number of hydrogen-bond acceptors (Lipinski definition) is 3. The van der Waals surface area contributed by atoms with Crippen LogP contribution < -0.4 is 4.74 Å². The number of hydrogen-bond donors (Lipinski definition) is 0. The van der Waals surface area contributed by atoms with E-state index in [2.05, 4.69) is 11.7 Å². The Balaban J connectivity index is 0.00000240. The standard InChI is InChI=1S/C22H28F4O3.2H2/c1-14-2-4-15(5-3-14)12-16-6-9-18(10-7-16)28-21(27)17-8-11-20(19(23)13-17)29-22(24,25)26;;/h8,11,13-16,18H,2-7,9-10,12H2,1H3;2*1H. The predicted molar refractivity (Wildman–Crippen MR) is 104 cm³/mol. The van der Waals surface area contributed by atoms with Gasteiger partial charge in [0.15, 0.2) is 11.6 Å². The largest absolute Gasteiger partial charge is 0.573 e. The highest BCUT2D eigenvalue weighted by Crippen LogP contribution is 2.37. The molecule has 0 bridgehead atoms. The van der Waals surface area contributed by atoms with Crippen molar-refractivity contribution in [3.63, 3.8) is 0 Å². The van der Waals surface area contributed by atoms with Gasteiger partial charge >= 0.3 is 12.3 Å². The maximum absolute atomic E-state index is 13.8. The Morgan fingerprint density at radius 3 is 2.17 bits per heavy atom. The fourth-order valence-electron chi connectivity index (χ4n) is 4.58. The lowest BCUT2D eigenvalue weighted by Gasteiger charge is -2.33. The van der Waals surface area contributed by atoms with E-state index in [1.807, 2.05) is 0 Å². The third-order valence-electron chi connectivity index (χ3n) is 6.26. The van der Waals surface area contributed by atoms with Crippen molar-refractivity contribution in [1.82, 2.24) is 0 Å². The minimum Gasteiger partial charge on any atom is -0.459 e. The van der Waals surface area contributed by atoms with Crippen LogP contribution in [0.1, 0.15) is 77.9 Å². The molecule has 0 heterocycles. The fourth-order valence-corrected chi connectivity index (χ4v) is 4.58. The predicted octanol–water partition coefficient (Wildman–Crippen LogP) is 7.15. The van der Waals surface area contributed by atoms with Crippen molar-refractivity contribution in [3.8, 4) is 5.75 Å². The summed E-state index contributed by atoms with van der Waals surface area (Å²) in [5.74, 6) is -0.600. The zero-order chi connectivity index (χ0) is 21.0. The van der Waals surface area contributed by atoms with E-state index in [0.29, 0.717) is 5.92 Å². The molecular weight excluding hydrogens is 388 g/mol. The van der Waals surface area contributed by atoms with Crippen molar-refractivity contribution >= 4 is 5.97 Å². The topological polar surface area (TPSA) is 35.5 Å². The summed E-state index contributed by atoms with van der Waals surface area (Å²) < 4.78 is 59.4. The lowest BCUT2D eigenvalue weighted by atomic mass is 9.75. The number of halogens is 4. The van der Waals surface area contributed by atoms with Crippen LogP contribution in [0.15, 0.2) is 18.2 Å². The third-order valence-corrected chi connectivity index (χ3v) is 6.26. The van der Waals surface area contributed by atoms with Gasteiger partial charge in [-0.1, -0.05) is 32.6 Å². The minimum atomic E-state index is -4.99. The molecule has 2 saturated carbocycles. The van der Waals surface area contributed by atoms with Crippen molar-refractivity contribution in [2.24, 2.45) is 17.8 Å². The second kappa shape index (κ2) is 9.35. The van der Waals surface area contributed by atoms with Crippen LogP contribution in [0.3, 0.4) is 0 Å². The van der Waals surface area contributed by atoms with Crippen LogP contribution in [0.5, 0.6) is 5.75 Å². The van der Waals surface area contributed by atoms with E-state index in [1.54, 1.807) is 0 Å². The lowest BCUT2D eigenvalue weighted by Crippen LogP contribution is -2.26. The van der Waals surface area contributed by atoms with Gasteiger partial charge in [0.05, 0.1) is 5.56 Å². The van der Waals surface area contributed by atoms with Crippen LogP contribution in [-0.4, -0.2) is 18.4 Å². The zero-order valence-corrected chi connectivity index (χ0v) is 16.6. The van der Waals surface area contributed by atoms with E-state index >= 15 is 0 Å². The van der Waals surface area contributed by atoms with E-state index in [-0.39, 0.29) is 14.5 Å². The van der Waals surface area contributed by atoms with Crippen molar-refractivity contribution in [3.05, 3.63) is 29.6 Å². The molecule has 0 N–H and O–H groups in total. The number of esters is 1. The number of rotatable bonds is 5. The molecule has 0 amide bonds. The quantitative estimate of drug-likeness (QED) is 0.375. The summed E-state index contributed by atoms with van der Waals surface area (Å²) >= 11 is 0. The Labute approximate surface area is 171 Å². The molecule has 29 heavy (non-hydrogen) atoms. The molecule has 3 rings (SSSR count). The molecule has 0 saturated heterocycles. The molecule has 7 heteroatoms. The van der Waals surface area contributed by atoms with E-state index in [1.165, 1.54) is 32.1 Å². The highest BCUT2D eigenvalue weighted by Gasteiger charge is 2.33. The van der Waals surface area contributed by atoms with Gasteiger partial charge in [-0.25, -0.2) is 9.18 Å².